The second-order valence-corrected chi connectivity index (χ2v) is 7.83. The quantitative estimate of drug-likeness (QED) is 0.526. The minimum Gasteiger partial charge on any atom is -0.459 e. The summed E-state index contributed by atoms with van der Waals surface area (Å²) < 4.78 is 10.2. The zero-order valence-corrected chi connectivity index (χ0v) is 18.3. The third-order valence-electron chi connectivity index (χ3n) is 5.41. The lowest BCUT2D eigenvalue weighted by Crippen LogP contribution is -2.22. The fourth-order valence-electron chi connectivity index (χ4n) is 3.65. The summed E-state index contributed by atoms with van der Waals surface area (Å²) in [5.41, 5.74) is 3.56. The Labute approximate surface area is 191 Å². The Morgan fingerprint density at radius 3 is 2.42 bits per heavy atom. The third kappa shape index (κ3) is 5.60. The number of nitrogens with one attached hydrogen (secondary N) is 2. The first kappa shape index (κ1) is 22.1. The van der Waals surface area contributed by atoms with Gasteiger partial charge in [-0.15, -0.1) is 0 Å². The predicted octanol–water partition coefficient (Wildman–Crippen LogP) is 4.24. The lowest BCUT2D eigenvalue weighted by Gasteiger charge is -2.19. The predicted molar refractivity (Wildman–Crippen MR) is 125 cm³/mol. The van der Waals surface area contributed by atoms with E-state index in [0.29, 0.717) is 11.4 Å². The number of carbonyl (C=O) groups excluding carboxylic acids is 3. The van der Waals surface area contributed by atoms with Crippen molar-refractivity contribution in [2.24, 2.45) is 0 Å². The van der Waals surface area contributed by atoms with E-state index in [1.54, 1.807) is 24.3 Å². The molecule has 33 heavy (non-hydrogen) atoms. The van der Waals surface area contributed by atoms with Crippen molar-refractivity contribution in [3.63, 3.8) is 0 Å². The molecule has 8 nitrogen and oxygen atoms in total. The average molecular weight is 447 g/mol. The molecule has 8 heteroatoms. The van der Waals surface area contributed by atoms with Gasteiger partial charge in [-0.25, -0.2) is 4.79 Å². The molecule has 0 aliphatic carbocycles. The summed E-state index contributed by atoms with van der Waals surface area (Å²) in [6.07, 6.45) is 3.81. The van der Waals surface area contributed by atoms with Crippen molar-refractivity contribution in [2.45, 2.75) is 19.8 Å². The molecule has 0 saturated carbocycles. The molecule has 4 rings (SSSR count). The van der Waals surface area contributed by atoms with Crippen molar-refractivity contribution < 1.29 is 23.5 Å². The van der Waals surface area contributed by atoms with E-state index in [9.17, 15) is 14.4 Å². The summed E-state index contributed by atoms with van der Waals surface area (Å²) >= 11 is 0. The maximum Gasteiger partial charge on any atom is 0.338 e. The Hall–Kier alpha value is -4.07. The van der Waals surface area contributed by atoms with Crippen molar-refractivity contribution in [3.8, 4) is 0 Å². The molecular formula is C25H25N3O5. The number of esters is 1. The summed E-state index contributed by atoms with van der Waals surface area (Å²) in [5, 5.41) is 5.45. The number of amides is 2. The fraction of sp³-hybridized carbons (Fsp3) is 0.240. The van der Waals surface area contributed by atoms with Crippen LogP contribution in [0.2, 0.25) is 0 Å². The van der Waals surface area contributed by atoms with Gasteiger partial charge in [0.2, 0.25) is 0 Å². The Balaban J connectivity index is 1.27. The second-order valence-electron chi connectivity index (χ2n) is 7.83. The molecule has 2 N–H and O–H groups in total. The zero-order valence-electron chi connectivity index (χ0n) is 18.3. The molecule has 0 radical (unpaired) electrons. The fourth-order valence-corrected chi connectivity index (χ4v) is 3.65. The van der Waals surface area contributed by atoms with Gasteiger partial charge in [0.15, 0.2) is 12.4 Å². The van der Waals surface area contributed by atoms with Gasteiger partial charge in [0.05, 0.1) is 11.8 Å². The average Bonchev–Trinajstić information content (AvgIpc) is 3.54. The van der Waals surface area contributed by atoms with Gasteiger partial charge in [0.25, 0.3) is 11.8 Å². The van der Waals surface area contributed by atoms with Crippen LogP contribution in [0, 0.1) is 6.92 Å². The van der Waals surface area contributed by atoms with Gasteiger partial charge in [0.1, 0.15) is 0 Å². The lowest BCUT2D eigenvalue weighted by atomic mass is 10.1. The van der Waals surface area contributed by atoms with E-state index in [-0.39, 0.29) is 11.3 Å². The molecule has 0 unspecified atom stereocenters. The van der Waals surface area contributed by atoms with E-state index in [1.807, 2.05) is 19.1 Å². The highest BCUT2D eigenvalue weighted by atomic mass is 16.5. The maximum absolute atomic E-state index is 12.3. The van der Waals surface area contributed by atoms with Crippen molar-refractivity contribution in [1.82, 2.24) is 0 Å². The molecule has 1 fully saturated rings. The smallest absolute Gasteiger partial charge is 0.338 e. The standard InChI is InChI=1S/C25H25N3O5/c1-17-15-20(28-12-2-3-13-28)10-11-21(17)27-23(29)16-33-25(31)18-6-8-19(9-7-18)26-24(30)22-5-4-14-32-22/h4-11,14-15H,2-3,12-13,16H2,1H3,(H,26,30)(H,27,29). The minimum atomic E-state index is -0.629. The van der Waals surface area contributed by atoms with Gasteiger partial charge in [-0.1, -0.05) is 0 Å². The Morgan fingerprint density at radius 1 is 1.00 bits per heavy atom. The summed E-state index contributed by atoms with van der Waals surface area (Å²) in [6.45, 7) is 3.65. The first-order valence-corrected chi connectivity index (χ1v) is 10.8. The number of furan rings is 1. The second kappa shape index (κ2) is 10.0. The van der Waals surface area contributed by atoms with Crippen molar-refractivity contribution >= 4 is 34.8 Å². The van der Waals surface area contributed by atoms with E-state index >= 15 is 0 Å². The number of rotatable bonds is 7. The largest absolute Gasteiger partial charge is 0.459 e. The van der Waals surface area contributed by atoms with E-state index in [4.69, 9.17) is 9.15 Å². The van der Waals surface area contributed by atoms with E-state index < -0.39 is 24.4 Å². The molecule has 3 aromatic rings. The molecule has 2 aromatic carbocycles. The third-order valence-corrected chi connectivity index (χ3v) is 5.41. The molecule has 2 heterocycles. The Kier molecular flexibility index (Phi) is 6.73. The van der Waals surface area contributed by atoms with E-state index in [1.165, 1.54) is 31.2 Å². The molecule has 1 aliphatic rings. The summed E-state index contributed by atoms with van der Waals surface area (Å²) in [7, 11) is 0. The summed E-state index contributed by atoms with van der Waals surface area (Å²) in [4.78, 5) is 38.9. The minimum absolute atomic E-state index is 0.186. The van der Waals surface area contributed by atoms with Gasteiger partial charge in [0, 0.05) is 30.2 Å². The van der Waals surface area contributed by atoms with Crippen molar-refractivity contribution in [3.05, 3.63) is 77.7 Å². The van der Waals surface area contributed by atoms with Crippen LogP contribution in [0.15, 0.2) is 65.3 Å². The molecule has 170 valence electrons. The SMILES string of the molecule is Cc1cc(N2CCCC2)ccc1NC(=O)COC(=O)c1ccc(NC(=O)c2ccco2)cc1. The van der Waals surface area contributed by atoms with Gasteiger partial charge in [-0.3, -0.25) is 9.59 Å². The van der Waals surface area contributed by atoms with Crippen LogP contribution < -0.4 is 15.5 Å². The Bertz CT molecular complexity index is 1130. The molecule has 0 bridgehead atoms. The first-order valence-electron chi connectivity index (χ1n) is 10.8. The van der Waals surface area contributed by atoms with Gasteiger partial charge in [-0.2, -0.15) is 0 Å². The highest BCUT2D eigenvalue weighted by molar-refractivity contribution is 6.02. The molecule has 1 aromatic heterocycles. The van der Waals surface area contributed by atoms with Crippen LogP contribution in [0.5, 0.6) is 0 Å². The number of nitrogens with zero attached hydrogens (tertiary/aromatic N) is 1. The monoisotopic (exact) mass is 447 g/mol. The van der Waals surface area contributed by atoms with Crippen LogP contribution in [0.25, 0.3) is 0 Å². The molecule has 1 saturated heterocycles. The number of hydrogen-bond donors (Lipinski definition) is 2. The van der Waals surface area contributed by atoms with Gasteiger partial charge in [-0.05, 0) is 79.9 Å². The topological polar surface area (TPSA) is 101 Å². The van der Waals surface area contributed by atoms with Crippen LogP contribution in [0.3, 0.4) is 0 Å². The Morgan fingerprint density at radius 2 is 1.76 bits per heavy atom. The molecule has 0 atom stereocenters. The number of hydrogen-bond acceptors (Lipinski definition) is 6. The number of anilines is 3. The van der Waals surface area contributed by atoms with Crippen LogP contribution in [-0.2, 0) is 9.53 Å². The number of benzene rings is 2. The number of carbonyl (C=O) groups is 3. The van der Waals surface area contributed by atoms with Gasteiger partial charge < -0.3 is 24.7 Å². The first-order chi connectivity index (χ1) is 16.0. The summed E-state index contributed by atoms with van der Waals surface area (Å²) in [5.74, 6) is -1.25. The van der Waals surface area contributed by atoms with E-state index in [0.717, 1.165) is 24.3 Å². The van der Waals surface area contributed by atoms with Crippen LogP contribution in [0.1, 0.15) is 39.3 Å². The van der Waals surface area contributed by atoms with Crippen LogP contribution in [0.4, 0.5) is 17.1 Å². The molecule has 0 spiro atoms. The maximum atomic E-state index is 12.3. The van der Waals surface area contributed by atoms with Gasteiger partial charge >= 0.3 is 5.97 Å². The van der Waals surface area contributed by atoms with Crippen LogP contribution in [-0.4, -0.2) is 37.5 Å². The lowest BCUT2D eigenvalue weighted by molar-refractivity contribution is -0.119. The normalized spacial score (nSPS) is 12.9. The summed E-state index contributed by atoms with van der Waals surface area (Å²) in [6, 6.07) is 15.3. The number of aryl methyl sites for hydroxylation is 1. The van der Waals surface area contributed by atoms with Crippen LogP contribution >= 0.6 is 0 Å². The highest BCUT2D eigenvalue weighted by Crippen LogP contribution is 2.25. The molecule has 1 aliphatic heterocycles. The molecule has 2 amide bonds. The zero-order chi connectivity index (χ0) is 23.2. The van der Waals surface area contributed by atoms with E-state index in [2.05, 4.69) is 21.6 Å². The number of ether oxygens (including phenoxy) is 1. The highest BCUT2D eigenvalue weighted by Gasteiger charge is 2.15. The van der Waals surface area contributed by atoms with Crippen molar-refractivity contribution in [2.75, 3.05) is 35.2 Å². The van der Waals surface area contributed by atoms with Crippen molar-refractivity contribution in [1.29, 1.82) is 0 Å². The molecular weight excluding hydrogens is 422 g/mol.